The van der Waals surface area contributed by atoms with Crippen molar-refractivity contribution < 1.29 is 14.3 Å². The van der Waals surface area contributed by atoms with Gasteiger partial charge in [-0.25, -0.2) is 0 Å². The molecule has 22 heavy (non-hydrogen) atoms. The molecule has 5 heteroatoms. The van der Waals surface area contributed by atoms with E-state index in [-0.39, 0.29) is 12.0 Å². The predicted octanol–water partition coefficient (Wildman–Crippen LogP) is 1.66. The number of carbonyl (C=O) groups excluding carboxylic acids is 1. The molecule has 1 heterocycles. The normalized spacial score (nSPS) is 22.4. The van der Waals surface area contributed by atoms with Crippen LogP contribution in [0, 0.1) is 6.92 Å². The molecule has 120 valence electrons. The highest BCUT2D eigenvalue weighted by Crippen LogP contribution is 2.32. The van der Waals surface area contributed by atoms with Crippen LogP contribution in [0.2, 0.25) is 0 Å². The monoisotopic (exact) mass is 304 g/mol. The van der Waals surface area contributed by atoms with Gasteiger partial charge in [-0.1, -0.05) is 12.1 Å². The Bertz CT molecular complexity index is 549. The van der Waals surface area contributed by atoms with E-state index in [0.717, 1.165) is 49.2 Å². The maximum absolute atomic E-state index is 11.9. The van der Waals surface area contributed by atoms with Crippen molar-refractivity contribution >= 4 is 5.91 Å². The zero-order chi connectivity index (χ0) is 15.6. The topological polar surface area (TPSA) is 73.6 Å². The van der Waals surface area contributed by atoms with Crippen molar-refractivity contribution in [3.05, 3.63) is 29.3 Å². The van der Waals surface area contributed by atoms with Crippen molar-refractivity contribution in [2.45, 2.75) is 50.8 Å². The third-order valence-electron chi connectivity index (χ3n) is 4.35. The second kappa shape index (κ2) is 6.26. The zero-order valence-electron chi connectivity index (χ0n) is 13.1. The highest BCUT2D eigenvalue weighted by Gasteiger charge is 2.45. The van der Waals surface area contributed by atoms with E-state index >= 15 is 0 Å². The van der Waals surface area contributed by atoms with E-state index < -0.39 is 5.54 Å². The third-order valence-corrected chi connectivity index (χ3v) is 4.35. The smallest absolute Gasteiger partial charge is 0.240 e. The molecule has 0 aromatic heterocycles. The molecule has 2 fully saturated rings. The average molecular weight is 304 g/mol. The molecule has 0 bridgehead atoms. The van der Waals surface area contributed by atoms with Crippen molar-refractivity contribution in [1.29, 1.82) is 0 Å². The first-order valence-corrected chi connectivity index (χ1v) is 7.98. The summed E-state index contributed by atoms with van der Waals surface area (Å²) in [6.45, 7) is 3.86. The molecule has 3 N–H and O–H groups in total. The lowest BCUT2D eigenvalue weighted by Crippen LogP contribution is -2.42. The summed E-state index contributed by atoms with van der Waals surface area (Å²) in [4.78, 5) is 11.9. The molecule has 1 aliphatic heterocycles. The number of amides is 1. The minimum absolute atomic E-state index is 0.0712. The Morgan fingerprint density at radius 3 is 3.00 bits per heavy atom. The van der Waals surface area contributed by atoms with Crippen molar-refractivity contribution in [2.24, 2.45) is 5.73 Å². The van der Waals surface area contributed by atoms with E-state index in [2.05, 4.69) is 5.32 Å². The van der Waals surface area contributed by atoms with Gasteiger partial charge in [-0.3, -0.25) is 4.79 Å². The van der Waals surface area contributed by atoms with Gasteiger partial charge in [0.05, 0.1) is 11.6 Å². The summed E-state index contributed by atoms with van der Waals surface area (Å²) in [7, 11) is 0. The van der Waals surface area contributed by atoms with Crippen LogP contribution in [0.3, 0.4) is 0 Å². The summed E-state index contributed by atoms with van der Waals surface area (Å²) >= 11 is 0. The van der Waals surface area contributed by atoms with E-state index in [1.54, 1.807) is 0 Å². The number of aryl methyl sites for hydroxylation is 1. The second-order valence-corrected chi connectivity index (χ2v) is 6.40. The lowest BCUT2D eigenvalue weighted by Gasteiger charge is -2.16. The van der Waals surface area contributed by atoms with Crippen LogP contribution in [0.25, 0.3) is 0 Å². The standard InChI is InChI=1S/C17H24N2O3/c1-12-4-5-13(10-19-16(20)17(18)6-7-17)15(9-12)22-11-14-3-2-8-21-14/h4-5,9,14H,2-3,6-8,10-11,18H2,1H3,(H,19,20). The number of carbonyl (C=O) groups is 1. The van der Waals surface area contributed by atoms with Crippen LogP contribution in [0.1, 0.15) is 36.8 Å². The van der Waals surface area contributed by atoms with Crippen LogP contribution in [0.5, 0.6) is 5.75 Å². The Morgan fingerprint density at radius 2 is 2.32 bits per heavy atom. The van der Waals surface area contributed by atoms with Crippen LogP contribution in [0.4, 0.5) is 0 Å². The molecule has 2 aliphatic rings. The molecule has 1 aromatic rings. The largest absolute Gasteiger partial charge is 0.491 e. The van der Waals surface area contributed by atoms with E-state index in [1.165, 1.54) is 0 Å². The maximum atomic E-state index is 11.9. The number of benzene rings is 1. The number of hydrogen-bond donors (Lipinski definition) is 2. The number of ether oxygens (including phenoxy) is 2. The number of hydrogen-bond acceptors (Lipinski definition) is 4. The predicted molar refractivity (Wildman–Crippen MR) is 83.6 cm³/mol. The zero-order valence-corrected chi connectivity index (χ0v) is 13.1. The fraction of sp³-hybridized carbons (Fsp3) is 0.588. The van der Waals surface area contributed by atoms with E-state index in [9.17, 15) is 4.79 Å². The third kappa shape index (κ3) is 3.59. The van der Waals surface area contributed by atoms with Gasteiger partial charge in [-0.2, -0.15) is 0 Å². The van der Waals surface area contributed by atoms with Crippen molar-refractivity contribution in [2.75, 3.05) is 13.2 Å². The molecule has 1 amide bonds. The van der Waals surface area contributed by atoms with Crippen molar-refractivity contribution in [1.82, 2.24) is 5.32 Å². The SMILES string of the molecule is Cc1ccc(CNC(=O)C2(N)CC2)c(OCC2CCCO2)c1. The van der Waals surface area contributed by atoms with Gasteiger partial charge in [0.1, 0.15) is 12.4 Å². The Morgan fingerprint density at radius 1 is 1.50 bits per heavy atom. The van der Waals surface area contributed by atoms with Gasteiger partial charge in [0.25, 0.3) is 0 Å². The molecule has 1 aliphatic carbocycles. The van der Waals surface area contributed by atoms with Gasteiger partial charge in [0.15, 0.2) is 0 Å². The molecule has 1 atom stereocenters. The van der Waals surface area contributed by atoms with Crippen LogP contribution in [-0.2, 0) is 16.1 Å². The number of nitrogens with one attached hydrogen (secondary N) is 1. The molecule has 3 rings (SSSR count). The van der Waals surface area contributed by atoms with Gasteiger partial charge in [-0.15, -0.1) is 0 Å². The average Bonchev–Trinajstić information content (AvgIpc) is 3.05. The molecule has 0 radical (unpaired) electrons. The molecule has 5 nitrogen and oxygen atoms in total. The van der Waals surface area contributed by atoms with Crippen LogP contribution in [0.15, 0.2) is 18.2 Å². The lowest BCUT2D eigenvalue weighted by atomic mass is 10.1. The van der Waals surface area contributed by atoms with Gasteiger partial charge in [-0.05, 0) is 44.2 Å². The minimum Gasteiger partial charge on any atom is -0.491 e. The Hall–Kier alpha value is -1.59. The van der Waals surface area contributed by atoms with Crippen molar-refractivity contribution in [3.8, 4) is 5.75 Å². The minimum atomic E-state index is -0.636. The van der Waals surface area contributed by atoms with Gasteiger partial charge < -0.3 is 20.5 Å². The van der Waals surface area contributed by atoms with E-state index in [4.69, 9.17) is 15.2 Å². The first kappa shape index (κ1) is 15.3. The lowest BCUT2D eigenvalue weighted by molar-refractivity contribution is -0.123. The maximum Gasteiger partial charge on any atom is 0.240 e. The second-order valence-electron chi connectivity index (χ2n) is 6.40. The van der Waals surface area contributed by atoms with E-state index in [1.807, 2.05) is 25.1 Å². The summed E-state index contributed by atoms with van der Waals surface area (Å²) in [5.74, 6) is 0.746. The van der Waals surface area contributed by atoms with Crippen molar-refractivity contribution in [3.63, 3.8) is 0 Å². The molecule has 1 aromatic carbocycles. The fourth-order valence-corrected chi connectivity index (χ4v) is 2.61. The molecule has 1 saturated heterocycles. The van der Waals surface area contributed by atoms with Crippen LogP contribution in [-0.4, -0.2) is 30.8 Å². The van der Waals surface area contributed by atoms with E-state index in [0.29, 0.717) is 13.2 Å². The first-order chi connectivity index (χ1) is 10.6. The number of nitrogens with two attached hydrogens (primary N) is 1. The van der Waals surface area contributed by atoms with Crippen LogP contribution < -0.4 is 15.8 Å². The first-order valence-electron chi connectivity index (χ1n) is 7.98. The Balaban J connectivity index is 1.60. The van der Waals surface area contributed by atoms with Gasteiger partial charge >= 0.3 is 0 Å². The highest BCUT2D eigenvalue weighted by molar-refractivity contribution is 5.88. The summed E-state index contributed by atoms with van der Waals surface area (Å²) in [5.41, 5.74) is 7.37. The Kier molecular flexibility index (Phi) is 4.36. The van der Waals surface area contributed by atoms with Crippen LogP contribution >= 0.6 is 0 Å². The number of rotatable bonds is 6. The fourth-order valence-electron chi connectivity index (χ4n) is 2.61. The summed E-state index contributed by atoms with van der Waals surface area (Å²) in [6, 6.07) is 6.03. The van der Waals surface area contributed by atoms with Gasteiger partial charge in [0, 0.05) is 18.7 Å². The molecule has 1 saturated carbocycles. The summed E-state index contributed by atoms with van der Waals surface area (Å²) in [5, 5.41) is 2.91. The molecular formula is C17H24N2O3. The summed E-state index contributed by atoms with van der Waals surface area (Å²) < 4.78 is 11.5. The molecular weight excluding hydrogens is 280 g/mol. The van der Waals surface area contributed by atoms with Gasteiger partial charge in [0.2, 0.25) is 5.91 Å². The quantitative estimate of drug-likeness (QED) is 0.838. The molecule has 0 spiro atoms. The molecule has 1 unspecified atom stereocenters. The Labute approximate surface area is 131 Å². The highest BCUT2D eigenvalue weighted by atomic mass is 16.5. The summed E-state index contributed by atoms with van der Waals surface area (Å²) in [6.07, 6.45) is 3.88.